The van der Waals surface area contributed by atoms with Crippen molar-refractivity contribution >= 4 is 12.1 Å². The molecule has 0 aliphatic carbocycles. The lowest BCUT2D eigenvalue weighted by Crippen LogP contribution is -2.34. The fraction of sp³-hybridized carbons (Fsp3) is 0.412. The van der Waals surface area contributed by atoms with Crippen molar-refractivity contribution < 1.29 is 46.1 Å². The molecular formula is C34H39F4NO6. The second-order valence-corrected chi connectivity index (χ2v) is 12.5. The van der Waals surface area contributed by atoms with E-state index in [4.69, 9.17) is 18.9 Å². The molecule has 0 aliphatic rings. The first-order valence-electron chi connectivity index (χ1n) is 14.3. The predicted molar refractivity (Wildman–Crippen MR) is 161 cm³/mol. The quantitative estimate of drug-likeness (QED) is 0.178. The zero-order chi connectivity index (χ0) is 33.6. The lowest BCUT2D eigenvalue weighted by Gasteiger charge is -2.22. The van der Waals surface area contributed by atoms with Gasteiger partial charge in [-0.1, -0.05) is 36.4 Å². The molecule has 0 bridgehead atoms. The fourth-order valence-electron chi connectivity index (χ4n) is 4.30. The number of carbonyl (C=O) groups is 2. The molecule has 11 heteroatoms. The van der Waals surface area contributed by atoms with E-state index in [-0.39, 0.29) is 35.5 Å². The summed E-state index contributed by atoms with van der Waals surface area (Å²) < 4.78 is 76.6. The molecule has 244 valence electrons. The van der Waals surface area contributed by atoms with Gasteiger partial charge in [-0.3, -0.25) is 4.79 Å². The zero-order valence-electron chi connectivity index (χ0n) is 26.4. The summed E-state index contributed by atoms with van der Waals surface area (Å²) in [5.74, 6) is -0.894. The van der Waals surface area contributed by atoms with E-state index in [9.17, 15) is 22.8 Å². The minimum atomic E-state index is -4.60. The number of nitrogens with one attached hydrogen (secondary N) is 1. The van der Waals surface area contributed by atoms with Crippen LogP contribution in [0.3, 0.4) is 0 Å². The Labute approximate surface area is 260 Å². The molecule has 3 rings (SSSR count). The lowest BCUT2D eigenvalue weighted by molar-refractivity contribution is -0.154. The summed E-state index contributed by atoms with van der Waals surface area (Å²) in [4.78, 5) is 24.7. The summed E-state index contributed by atoms with van der Waals surface area (Å²) in [5, 5.41) is 2.60. The van der Waals surface area contributed by atoms with Gasteiger partial charge in [0, 0.05) is 16.7 Å². The van der Waals surface area contributed by atoms with Crippen LogP contribution in [-0.4, -0.2) is 36.0 Å². The summed E-state index contributed by atoms with van der Waals surface area (Å²) in [7, 11) is 0. The molecule has 1 atom stereocenters. The molecule has 0 fully saturated rings. The van der Waals surface area contributed by atoms with Crippen LogP contribution in [0.25, 0.3) is 11.1 Å². The molecule has 7 nitrogen and oxygen atoms in total. The number of para-hydroxylation sites is 1. The van der Waals surface area contributed by atoms with Crippen LogP contribution in [0.4, 0.5) is 22.4 Å². The Bertz CT molecular complexity index is 1490. The van der Waals surface area contributed by atoms with Crippen LogP contribution in [-0.2, 0) is 27.3 Å². The number of rotatable bonds is 10. The predicted octanol–water partition coefficient (Wildman–Crippen LogP) is 8.48. The summed E-state index contributed by atoms with van der Waals surface area (Å²) >= 11 is 0. The van der Waals surface area contributed by atoms with Crippen molar-refractivity contribution in [1.29, 1.82) is 0 Å². The van der Waals surface area contributed by atoms with E-state index < -0.39 is 47.9 Å². The highest BCUT2D eigenvalue weighted by molar-refractivity contribution is 5.74. The maximum Gasteiger partial charge on any atom is 0.422 e. The van der Waals surface area contributed by atoms with E-state index >= 15 is 4.39 Å². The van der Waals surface area contributed by atoms with Gasteiger partial charge in [-0.05, 0) is 83.9 Å². The molecule has 0 saturated carbocycles. The maximum atomic E-state index is 15.9. The van der Waals surface area contributed by atoms with Crippen molar-refractivity contribution in [2.45, 2.75) is 84.9 Å². The third kappa shape index (κ3) is 11.6. The average molecular weight is 634 g/mol. The first-order valence-corrected chi connectivity index (χ1v) is 14.3. The Morgan fingerprint density at radius 1 is 0.844 bits per heavy atom. The summed E-state index contributed by atoms with van der Waals surface area (Å²) in [6.45, 7) is 10.3. The van der Waals surface area contributed by atoms with Crippen molar-refractivity contribution in [3.05, 3.63) is 83.2 Å². The van der Waals surface area contributed by atoms with Crippen molar-refractivity contribution in [2.75, 3.05) is 6.61 Å². The number of ether oxygens (including phenoxy) is 4. The van der Waals surface area contributed by atoms with Crippen LogP contribution in [0.2, 0.25) is 0 Å². The van der Waals surface area contributed by atoms with Gasteiger partial charge in [-0.15, -0.1) is 0 Å². The number of esters is 1. The Morgan fingerprint density at radius 3 is 2.16 bits per heavy atom. The van der Waals surface area contributed by atoms with Gasteiger partial charge < -0.3 is 24.3 Å². The number of amides is 1. The van der Waals surface area contributed by atoms with Gasteiger partial charge in [0.2, 0.25) is 0 Å². The van der Waals surface area contributed by atoms with Gasteiger partial charge in [0.1, 0.15) is 35.1 Å². The normalized spacial score (nSPS) is 12.7. The number of halogens is 4. The molecule has 0 aromatic heterocycles. The number of benzene rings is 3. The molecule has 0 spiro atoms. The van der Waals surface area contributed by atoms with Gasteiger partial charge in [-0.2, -0.15) is 13.2 Å². The van der Waals surface area contributed by atoms with Gasteiger partial charge >= 0.3 is 18.2 Å². The van der Waals surface area contributed by atoms with E-state index in [0.29, 0.717) is 16.9 Å². The minimum absolute atomic E-state index is 0.0546. The molecule has 0 aliphatic heterocycles. The van der Waals surface area contributed by atoms with Crippen molar-refractivity contribution in [3.8, 4) is 22.6 Å². The van der Waals surface area contributed by atoms with Crippen LogP contribution in [0.1, 0.15) is 71.2 Å². The molecule has 1 amide bonds. The Morgan fingerprint density at radius 2 is 1.51 bits per heavy atom. The van der Waals surface area contributed by atoms with Crippen LogP contribution < -0.4 is 14.8 Å². The zero-order valence-corrected chi connectivity index (χ0v) is 26.4. The first-order chi connectivity index (χ1) is 20.8. The highest BCUT2D eigenvalue weighted by Crippen LogP contribution is 2.33. The highest BCUT2D eigenvalue weighted by Gasteiger charge is 2.29. The number of carbonyl (C=O) groups excluding carboxylic acids is 2. The first kappa shape index (κ1) is 35.2. The number of hydrogen-bond acceptors (Lipinski definition) is 6. The average Bonchev–Trinajstić information content (AvgIpc) is 2.89. The Balaban J connectivity index is 1.92. The third-order valence-corrected chi connectivity index (χ3v) is 6.03. The maximum absolute atomic E-state index is 15.9. The smallest absolute Gasteiger partial charge is 0.422 e. The van der Waals surface area contributed by atoms with Gasteiger partial charge in [0.25, 0.3) is 0 Å². The molecule has 3 aromatic rings. The number of hydrogen-bond donors (Lipinski definition) is 1. The van der Waals surface area contributed by atoms with Gasteiger partial charge in [0.05, 0.1) is 12.5 Å². The second kappa shape index (κ2) is 14.2. The molecular weight excluding hydrogens is 594 g/mol. The molecule has 1 N–H and O–H groups in total. The monoisotopic (exact) mass is 633 g/mol. The van der Waals surface area contributed by atoms with E-state index in [0.717, 1.165) is 0 Å². The molecule has 45 heavy (non-hydrogen) atoms. The SMILES string of the molecule is C[C@@H](NC(=O)OC(C)(C)C)c1cccc(-c2cc(COc3ccccc3CC(=O)OC(C)(C)C)cc(OCC(F)(F)F)c2)c1F. The van der Waals surface area contributed by atoms with E-state index in [1.165, 1.54) is 24.3 Å². The second-order valence-electron chi connectivity index (χ2n) is 12.5. The third-order valence-electron chi connectivity index (χ3n) is 6.03. The van der Waals surface area contributed by atoms with Crippen LogP contribution >= 0.6 is 0 Å². The van der Waals surface area contributed by atoms with Crippen LogP contribution in [0.5, 0.6) is 11.5 Å². The summed E-state index contributed by atoms with van der Waals surface area (Å²) in [6, 6.07) is 14.8. The largest absolute Gasteiger partial charge is 0.489 e. The van der Waals surface area contributed by atoms with Crippen molar-refractivity contribution in [3.63, 3.8) is 0 Å². The van der Waals surface area contributed by atoms with Gasteiger partial charge in [-0.25, -0.2) is 9.18 Å². The topological polar surface area (TPSA) is 83.1 Å². The van der Waals surface area contributed by atoms with E-state index in [1.807, 2.05) is 0 Å². The number of alkyl carbamates (subject to hydrolysis) is 1. The highest BCUT2D eigenvalue weighted by atomic mass is 19.4. The number of alkyl halides is 3. The van der Waals surface area contributed by atoms with E-state index in [1.54, 1.807) is 84.9 Å². The summed E-state index contributed by atoms with van der Waals surface area (Å²) in [5.41, 5.74) is -0.0167. The van der Waals surface area contributed by atoms with Gasteiger partial charge in [0.15, 0.2) is 6.61 Å². The molecule has 3 aromatic carbocycles. The van der Waals surface area contributed by atoms with E-state index in [2.05, 4.69) is 5.32 Å². The van der Waals surface area contributed by atoms with Crippen molar-refractivity contribution in [1.82, 2.24) is 5.32 Å². The van der Waals surface area contributed by atoms with Crippen LogP contribution in [0, 0.1) is 5.82 Å². The summed E-state index contributed by atoms with van der Waals surface area (Å²) in [6.07, 6.45) is -5.38. The molecule has 0 heterocycles. The minimum Gasteiger partial charge on any atom is -0.489 e. The lowest BCUT2D eigenvalue weighted by atomic mass is 9.97. The van der Waals surface area contributed by atoms with Crippen molar-refractivity contribution in [2.24, 2.45) is 0 Å². The Hall–Kier alpha value is -4.28. The standard InChI is InChI=1S/C34H39F4NO6/c1-21(39-31(41)45-33(5,6)7)26-12-10-13-27(30(26)35)24-15-22(16-25(17-24)43-20-34(36,37)38)19-42-28-14-9-8-11-23(28)18-29(40)44-32(2,3)4/h8-17,21H,18-20H2,1-7H3,(H,39,41)/t21-/m1/s1. The molecule has 0 saturated heterocycles. The molecule has 0 unspecified atom stereocenters. The molecule has 0 radical (unpaired) electrons. The Kier molecular flexibility index (Phi) is 11.1. The van der Waals surface area contributed by atoms with Crippen LogP contribution in [0.15, 0.2) is 60.7 Å². The fourth-order valence-corrected chi connectivity index (χ4v) is 4.30.